The van der Waals surface area contributed by atoms with Crippen molar-refractivity contribution in [3.8, 4) is 5.75 Å². The van der Waals surface area contributed by atoms with Gasteiger partial charge in [-0.15, -0.1) is 0 Å². The highest BCUT2D eigenvalue weighted by atomic mass is 16.5. The van der Waals surface area contributed by atoms with E-state index in [0.29, 0.717) is 6.04 Å². The van der Waals surface area contributed by atoms with Crippen molar-refractivity contribution in [1.82, 2.24) is 5.32 Å². The van der Waals surface area contributed by atoms with Crippen LogP contribution in [0.25, 0.3) is 5.57 Å². The fourth-order valence-electron chi connectivity index (χ4n) is 2.56. The normalized spacial score (nSPS) is 13.6. The van der Waals surface area contributed by atoms with Crippen molar-refractivity contribution in [3.63, 3.8) is 0 Å². The van der Waals surface area contributed by atoms with Crippen molar-refractivity contribution < 1.29 is 4.74 Å². The summed E-state index contributed by atoms with van der Waals surface area (Å²) < 4.78 is 5.40. The maximum Gasteiger partial charge on any atom is 0.119 e. The highest BCUT2D eigenvalue weighted by Crippen LogP contribution is 2.27. The van der Waals surface area contributed by atoms with E-state index < -0.39 is 0 Å². The number of aryl methyl sites for hydroxylation is 1. The van der Waals surface area contributed by atoms with Crippen LogP contribution in [0.5, 0.6) is 5.75 Å². The van der Waals surface area contributed by atoms with Crippen molar-refractivity contribution in [2.24, 2.45) is 0 Å². The molecular weight excluding hydrogens is 294 g/mol. The van der Waals surface area contributed by atoms with Gasteiger partial charge < -0.3 is 10.1 Å². The van der Waals surface area contributed by atoms with E-state index in [1.54, 1.807) is 7.11 Å². The molecule has 0 saturated heterocycles. The van der Waals surface area contributed by atoms with Crippen LogP contribution in [0.1, 0.15) is 37.8 Å². The Labute approximate surface area is 147 Å². The molecule has 0 spiro atoms. The molecule has 0 heterocycles. The third-order valence-corrected chi connectivity index (χ3v) is 3.88. The molecule has 0 aliphatic rings. The van der Waals surface area contributed by atoms with Crippen molar-refractivity contribution in [1.29, 1.82) is 0 Å². The van der Waals surface area contributed by atoms with Crippen LogP contribution in [0.4, 0.5) is 0 Å². The molecule has 0 aliphatic heterocycles. The van der Waals surface area contributed by atoms with E-state index in [1.165, 1.54) is 16.7 Å². The summed E-state index contributed by atoms with van der Waals surface area (Å²) in [4.78, 5) is 0. The summed E-state index contributed by atoms with van der Waals surface area (Å²) in [6.07, 6.45) is 14.3. The lowest BCUT2D eigenvalue weighted by Crippen LogP contribution is -2.27. The van der Waals surface area contributed by atoms with Crippen LogP contribution in [-0.2, 0) is 0 Å². The first-order chi connectivity index (χ1) is 11.6. The third kappa shape index (κ3) is 7.01. The molecule has 0 fully saturated rings. The zero-order valence-corrected chi connectivity index (χ0v) is 15.5. The lowest BCUT2D eigenvalue weighted by molar-refractivity contribution is 0.414. The predicted molar refractivity (Wildman–Crippen MR) is 107 cm³/mol. The molecule has 1 rings (SSSR count). The number of ether oxygens (including phenoxy) is 1. The van der Waals surface area contributed by atoms with Gasteiger partial charge in [-0.05, 0) is 69.0 Å². The lowest BCUT2D eigenvalue weighted by Gasteiger charge is -2.18. The van der Waals surface area contributed by atoms with Crippen molar-refractivity contribution >= 4 is 5.57 Å². The standard InChI is InChI=1S/C22H31NO/c1-6-8-10-11-15-23-19(4)16-20(12-9-7-2)22-17-21(24-5)14-13-18(22)3/h6-10,12-14,17,19,23H,1,11,15-16H2,2-5H3/b9-7-,10-8+,20-12-. The minimum absolute atomic E-state index is 0.407. The Kier molecular flexibility index (Phi) is 9.55. The van der Waals surface area contributed by atoms with Crippen LogP contribution in [0.15, 0.2) is 61.2 Å². The Bertz CT molecular complexity index is 596. The first kappa shape index (κ1) is 20.0. The number of hydrogen-bond acceptors (Lipinski definition) is 2. The van der Waals surface area contributed by atoms with E-state index in [-0.39, 0.29) is 0 Å². The summed E-state index contributed by atoms with van der Waals surface area (Å²) in [7, 11) is 1.71. The van der Waals surface area contributed by atoms with Crippen LogP contribution in [0.2, 0.25) is 0 Å². The molecule has 2 heteroatoms. The Balaban J connectivity index is 2.83. The van der Waals surface area contributed by atoms with Crippen molar-refractivity contribution in [2.45, 2.75) is 39.7 Å². The zero-order valence-electron chi connectivity index (χ0n) is 15.5. The molecule has 0 aromatic heterocycles. The van der Waals surface area contributed by atoms with Gasteiger partial charge in [0.1, 0.15) is 5.75 Å². The van der Waals surface area contributed by atoms with Crippen LogP contribution >= 0.6 is 0 Å². The number of rotatable bonds is 10. The average Bonchev–Trinajstić information content (AvgIpc) is 2.59. The highest BCUT2D eigenvalue weighted by molar-refractivity contribution is 5.71. The molecule has 1 N–H and O–H groups in total. The van der Waals surface area contributed by atoms with Crippen LogP contribution in [0, 0.1) is 6.92 Å². The number of hydrogen-bond donors (Lipinski definition) is 1. The Morgan fingerprint density at radius 3 is 2.79 bits per heavy atom. The number of methoxy groups -OCH3 is 1. The minimum atomic E-state index is 0.407. The Morgan fingerprint density at radius 1 is 1.33 bits per heavy atom. The van der Waals surface area contributed by atoms with Crippen LogP contribution in [0.3, 0.4) is 0 Å². The van der Waals surface area contributed by atoms with Crippen LogP contribution < -0.4 is 10.1 Å². The predicted octanol–water partition coefficient (Wildman–Crippen LogP) is 5.46. The largest absolute Gasteiger partial charge is 0.497 e. The fraction of sp³-hybridized carbons (Fsp3) is 0.364. The quantitative estimate of drug-likeness (QED) is 0.455. The van der Waals surface area contributed by atoms with E-state index in [2.05, 4.69) is 62.2 Å². The van der Waals surface area contributed by atoms with Gasteiger partial charge in [-0.3, -0.25) is 0 Å². The highest BCUT2D eigenvalue weighted by Gasteiger charge is 2.10. The van der Waals surface area contributed by atoms with Crippen molar-refractivity contribution in [3.05, 3.63) is 72.4 Å². The smallest absolute Gasteiger partial charge is 0.119 e. The van der Waals surface area contributed by atoms with Crippen molar-refractivity contribution in [2.75, 3.05) is 13.7 Å². The van der Waals surface area contributed by atoms with Gasteiger partial charge in [-0.25, -0.2) is 0 Å². The maximum absolute atomic E-state index is 5.40. The first-order valence-corrected chi connectivity index (χ1v) is 8.60. The molecule has 0 amide bonds. The van der Waals surface area contributed by atoms with E-state index in [0.717, 1.165) is 25.1 Å². The third-order valence-electron chi connectivity index (χ3n) is 3.88. The van der Waals surface area contributed by atoms with Gasteiger partial charge in [-0.1, -0.05) is 49.1 Å². The van der Waals surface area contributed by atoms with Gasteiger partial charge in [0.25, 0.3) is 0 Å². The average molecular weight is 325 g/mol. The zero-order chi connectivity index (χ0) is 17.8. The van der Waals surface area contributed by atoms with Gasteiger partial charge >= 0.3 is 0 Å². The minimum Gasteiger partial charge on any atom is -0.497 e. The summed E-state index contributed by atoms with van der Waals surface area (Å²) in [6, 6.07) is 6.67. The summed E-state index contributed by atoms with van der Waals surface area (Å²) in [5.74, 6) is 0.900. The molecule has 24 heavy (non-hydrogen) atoms. The molecule has 0 aliphatic carbocycles. The van der Waals surface area contributed by atoms with Crippen LogP contribution in [-0.4, -0.2) is 19.7 Å². The SMILES string of the molecule is C=C/C=C/CCNC(C)C/C(=C/C=C\C)c1cc(OC)ccc1C. The number of nitrogens with one attached hydrogen (secondary N) is 1. The second-order valence-corrected chi connectivity index (χ2v) is 5.91. The lowest BCUT2D eigenvalue weighted by atomic mass is 9.94. The molecule has 2 nitrogen and oxygen atoms in total. The van der Waals surface area contributed by atoms with Gasteiger partial charge in [0.15, 0.2) is 0 Å². The molecule has 130 valence electrons. The topological polar surface area (TPSA) is 21.3 Å². The fourth-order valence-corrected chi connectivity index (χ4v) is 2.56. The van der Waals surface area contributed by atoms with E-state index in [9.17, 15) is 0 Å². The summed E-state index contributed by atoms with van der Waals surface area (Å²) in [6.45, 7) is 11.1. The van der Waals surface area contributed by atoms with E-state index in [1.807, 2.05) is 25.1 Å². The molecule has 1 aromatic rings. The summed E-state index contributed by atoms with van der Waals surface area (Å²) in [5.41, 5.74) is 3.85. The van der Waals surface area contributed by atoms with Gasteiger partial charge in [0.05, 0.1) is 7.11 Å². The Morgan fingerprint density at radius 2 is 2.12 bits per heavy atom. The summed E-state index contributed by atoms with van der Waals surface area (Å²) >= 11 is 0. The number of benzene rings is 1. The molecule has 1 unspecified atom stereocenters. The van der Waals surface area contributed by atoms with E-state index in [4.69, 9.17) is 4.74 Å². The molecule has 1 atom stereocenters. The molecule has 0 bridgehead atoms. The maximum atomic E-state index is 5.40. The van der Waals surface area contributed by atoms with Gasteiger partial charge in [-0.2, -0.15) is 0 Å². The Hall–Kier alpha value is -2.06. The molecule has 0 saturated carbocycles. The molecular formula is C22H31NO. The molecule has 0 radical (unpaired) electrons. The van der Waals surface area contributed by atoms with Gasteiger partial charge in [0, 0.05) is 6.04 Å². The van der Waals surface area contributed by atoms with Gasteiger partial charge in [0.2, 0.25) is 0 Å². The second kappa shape index (κ2) is 11.5. The molecule has 1 aromatic carbocycles. The second-order valence-electron chi connectivity index (χ2n) is 5.91. The summed E-state index contributed by atoms with van der Waals surface area (Å²) in [5, 5.41) is 3.58. The first-order valence-electron chi connectivity index (χ1n) is 8.60. The monoisotopic (exact) mass is 325 g/mol. The van der Waals surface area contributed by atoms with E-state index >= 15 is 0 Å². The number of allylic oxidation sites excluding steroid dienone is 5.